The van der Waals surface area contributed by atoms with Crippen molar-refractivity contribution in [1.82, 2.24) is 9.58 Å². The number of amides is 1. The van der Waals surface area contributed by atoms with E-state index in [4.69, 9.17) is 10.1 Å². The molecule has 8 heteroatoms. The summed E-state index contributed by atoms with van der Waals surface area (Å²) < 4.78 is 7.40. The molecule has 35 heavy (non-hydrogen) atoms. The van der Waals surface area contributed by atoms with Gasteiger partial charge in [0.1, 0.15) is 10.8 Å². The molecule has 0 unspecified atom stereocenters. The maximum Gasteiger partial charge on any atom is 0.283 e. The molecular weight excluding hydrogens is 458 g/mol. The molecule has 1 aromatic carbocycles. The number of nitrogens with zero attached hydrogens (tertiary/aromatic N) is 4. The Kier molecular flexibility index (Phi) is 6.65. The van der Waals surface area contributed by atoms with E-state index in [-0.39, 0.29) is 17.3 Å². The first-order chi connectivity index (χ1) is 16.9. The third-order valence-corrected chi connectivity index (χ3v) is 8.06. The lowest BCUT2D eigenvalue weighted by Gasteiger charge is -2.20. The van der Waals surface area contributed by atoms with E-state index < -0.39 is 0 Å². The van der Waals surface area contributed by atoms with Crippen LogP contribution in [0.15, 0.2) is 46.0 Å². The van der Waals surface area contributed by atoms with Crippen molar-refractivity contribution in [2.24, 2.45) is 16.0 Å². The monoisotopic (exact) mass is 489 g/mol. The number of aromatic nitrogens is 1. The molecule has 7 nitrogen and oxygen atoms in total. The molecule has 2 aromatic rings. The van der Waals surface area contributed by atoms with Gasteiger partial charge < -0.3 is 9.30 Å². The van der Waals surface area contributed by atoms with Crippen LogP contribution in [-0.4, -0.2) is 38.6 Å². The minimum atomic E-state index is -0.383. The lowest BCUT2D eigenvalue weighted by atomic mass is 9.86. The van der Waals surface area contributed by atoms with Crippen molar-refractivity contribution < 1.29 is 9.53 Å². The topological polar surface area (TPSA) is 83.0 Å². The van der Waals surface area contributed by atoms with Gasteiger partial charge in [-0.2, -0.15) is 15.1 Å². The lowest BCUT2D eigenvalue weighted by molar-refractivity contribution is -0.114. The molecule has 182 valence electrons. The summed E-state index contributed by atoms with van der Waals surface area (Å²) in [7, 11) is 1.65. The number of hydrogen-bond acceptors (Lipinski definition) is 5. The van der Waals surface area contributed by atoms with Gasteiger partial charge in [-0.3, -0.25) is 10.2 Å². The van der Waals surface area contributed by atoms with Crippen LogP contribution in [-0.2, 0) is 4.79 Å². The summed E-state index contributed by atoms with van der Waals surface area (Å²) >= 11 is 1.43. The van der Waals surface area contributed by atoms with Crippen LogP contribution in [0.4, 0.5) is 0 Å². The molecule has 1 aromatic heterocycles. The van der Waals surface area contributed by atoms with Crippen molar-refractivity contribution in [1.29, 1.82) is 5.41 Å². The second-order valence-electron chi connectivity index (χ2n) is 9.42. The van der Waals surface area contributed by atoms with E-state index in [0.29, 0.717) is 5.17 Å². The standard InChI is InChI=1S/C27H31N5O2S/c1-17-15-20(18(2)31(17)21-10-12-22(34-3)13-11-21)16-23-25(28)32-27(29-26(23)33)35-24(30-32)14-9-19-7-5-4-6-8-19/h10-13,15-16,19,28H,4-9,14H2,1-3H3. The van der Waals surface area contributed by atoms with Crippen LogP contribution in [0.3, 0.4) is 0 Å². The fraction of sp³-hybridized carbons (Fsp3) is 0.407. The average Bonchev–Trinajstić information content (AvgIpc) is 3.40. The first kappa shape index (κ1) is 23.6. The number of carbonyl (C=O) groups excluding carboxylic acids is 1. The molecule has 5 rings (SSSR count). The molecule has 1 N–H and O–H groups in total. The normalized spacial score (nSPS) is 19.7. The van der Waals surface area contributed by atoms with Crippen LogP contribution >= 0.6 is 11.8 Å². The van der Waals surface area contributed by atoms with E-state index in [0.717, 1.165) is 52.2 Å². The van der Waals surface area contributed by atoms with Crippen LogP contribution < -0.4 is 4.74 Å². The number of rotatable bonds is 6. The molecule has 2 aliphatic heterocycles. The van der Waals surface area contributed by atoms with Gasteiger partial charge in [-0.05, 0) is 86.3 Å². The largest absolute Gasteiger partial charge is 0.497 e. The van der Waals surface area contributed by atoms with Crippen LogP contribution in [0.1, 0.15) is 61.9 Å². The van der Waals surface area contributed by atoms with Crippen molar-refractivity contribution in [2.75, 3.05) is 7.11 Å². The van der Waals surface area contributed by atoms with Gasteiger partial charge in [-0.1, -0.05) is 32.1 Å². The predicted octanol–water partition coefficient (Wildman–Crippen LogP) is 6.08. The number of nitrogens with one attached hydrogen (secondary N) is 1. The molecule has 3 aliphatic rings. The maximum absolute atomic E-state index is 12.9. The fourth-order valence-electron chi connectivity index (χ4n) is 5.15. The van der Waals surface area contributed by atoms with Gasteiger partial charge in [-0.15, -0.1) is 0 Å². The molecule has 1 saturated carbocycles. The average molecular weight is 490 g/mol. The first-order valence-electron chi connectivity index (χ1n) is 12.3. The first-order valence-corrected chi connectivity index (χ1v) is 13.1. The number of aliphatic imine (C=N–C) groups is 1. The molecule has 0 bridgehead atoms. The van der Waals surface area contributed by atoms with E-state index in [9.17, 15) is 4.79 Å². The van der Waals surface area contributed by atoms with Crippen LogP contribution in [0.25, 0.3) is 11.8 Å². The molecule has 3 heterocycles. The summed E-state index contributed by atoms with van der Waals surface area (Å²) in [5.74, 6) is 1.28. The van der Waals surface area contributed by atoms with Crippen LogP contribution in [0.5, 0.6) is 5.75 Å². The highest BCUT2D eigenvalue weighted by atomic mass is 32.2. The summed E-state index contributed by atoms with van der Waals surface area (Å²) in [4.78, 5) is 17.2. The predicted molar refractivity (Wildman–Crippen MR) is 143 cm³/mol. The molecule has 0 spiro atoms. The second-order valence-corrected chi connectivity index (χ2v) is 10.5. The Labute approximate surface area is 210 Å². The van der Waals surface area contributed by atoms with E-state index in [1.165, 1.54) is 48.9 Å². The zero-order valence-electron chi connectivity index (χ0n) is 20.5. The second kappa shape index (κ2) is 9.85. The van der Waals surface area contributed by atoms with Crippen molar-refractivity contribution in [3.05, 3.63) is 52.9 Å². The van der Waals surface area contributed by atoms with Crippen LogP contribution in [0, 0.1) is 25.2 Å². The Bertz CT molecular complexity index is 1250. The van der Waals surface area contributed by atoms with E-state index in [1.54, 1.807) is 13.2 Å². The fourth-order valence-corrected chi connectivity index (χ4v) is 6.05. The quantitative estimate of drug-likeness (QED) is 0.498. The Hall–Kier alpha value is -3.13. The van der Waals surface area contributed by atoms with E-state index in [1.807, 2.05) is 44.2 Å². The Morgan fingerprint density at radius 3 is 2.63 bits per heavy atom. The number of hydrazone groups is 1. The van der Waals surface area contributed by atoms with Gasteiger partial charge in [-0.25, -0.2) is 0 Å². The van der Waals surface area contributed by atoms with Gasteiger partial charge in [0, 0.05) is 17.1 Å². The van der Waals surface area contributed by atoms with Crippen molar-refractivity contribution >= 4 is 39.8 Å². The number of thioether (sulfide) groups is 1. The number of hydrogen-bond donors (Lipinski definition) is 1. The Balaban J connectivity index is 1.37. The third kappa shape index (κ3) is 4.72. The molecule has 0 saturated heterocycles. The number of benzene rings is 1. The summed E-state index contributed by atoms with van der Waals surface area (Å²) in [6.45, 7) is 4.05. The number of fused-ring (bicyclic) bond motifs is 1. The molecule has 0 radical (unpaired) electrons. The number of carbonyl (C=O) groups is 1. The number of ether oxygens (including phenoxy) is 1. The molecule has 1 amide bonds. The van der Waals surface area contributed by atoms with Gasteiger partial charge in [0.25, 0.3) is 5.91 Å². The number of aryl methyl sites for hydroxylation is 1. The Morgan fingerprint density at radius 1 is 1.17 bits per heavy atom. The minimum Gasteiger partial charge on any atom is -0.497 e. The van der Waals surface area contributed by atoms with E-state index in [2.05, 4.69) is 14.7 Å². The SMILES string of the molecule is COc1ccc(-n2c(C)cc(C=C3C(=N)N4N=C(CCC5CCCCC5)SC4=NC3=O)c2C)cc1. The third-order valence-electron chi connectivity index (χ3n) is 7.09. The minimum absolute atomic E-state index is 0.0921. The molecule has 1 aliphatic carbocycles. The maximum atomic E-state index is 12.9. The number of methoxy groups -OCH3 is 1. The number of amidine groups is 2. The Morgan fingerprint density at radius 2 is 1.91 bits per heavy atom. The van der Waals surface area contributed by atoms with Crippen molar-refractivity contribution in [3.8, 4) is 11.4 Å². The van der Waals surface area contributed by atoms with Gasteiger partial charge in [0.15, 0.2) is 5.84 Å². The van der Waals surface area contributed by atoms with Crippen molar-refractivity contribution in [2.45, 2.75) is 58.8 Å². The van der Waals surface area contributed by atoms with Gasteiger partial charge in [0.2, 0.25) is 5.17 Å². The van der Waals surface area contributed by atoms with Gasteiger partial charge >= 0.3 is 0 Å². The van der Waals surface area contributed by atoms with Crippen LogP contribution in [0.2, 0.25) is 0 Å². The molecule has 1 fully saturated rings. The molecule has 0 atom stereocenters. The smallest absolute Gasteiger partial charge is 0.283 e. The van der Waals surface area contributed by atoms with Crippen molar-refractivity contribution in [3.63, 3.8) is 0 Å². The summed E-state index contributed by atoms with van der Waals surface area (Å²) in [5.41, 5.74) is 4.19. The summed E-state index contributed by atoms with van der Waals surface area (Å²) in [6, 6.07) is 9.90. The lowest BCUT2D eigenvalue weighted by Crippen LogP contribution is -2.35. The highest BCUT2D eigenvalue weighted by molar-refractivity contribution is 8.26. The zero-order chi connectivity index (χ0) is 24.5. The van der Waals surface area contributed by atoms with Gasteiger partial charge in [0.05, 0.1) is 12.7 Å². The molecular formula is C27H31N5O2S. The summed E-state index contributed by atoms with van der Waals surface area (Å²) in [6.07, 6.45) is 10.4. The highest BCUT2D eigenvalue weighted by Gasteiger charge is 2.35. The summed E-state index contributed by atoms with van der Waals surface area (Å²) in [5, 5.41) is 16.4. The highest BCUT2D eigenvalue weighted by Crippen LogP contribution is 2.33. The zero-order valence-corrected chi connectivity index (χ0v) is 21.3. The van der Waals surface area contributed by atoms with E-state index >= 15 is 0 Å².